The minimum Gasteiger partial charge on any atom is -0.495 e. The van der Waals surface area contributed by atoms with Gasteiger partial charge in [0.1, 0.15) is 10.6 Å². The monoisotopic (exact) mass is 414 g/mol. The minimum atomic E-state index is -4.05. The second-order valence-corrected chi connectivity index (χ2v) is 8.84. The molecule has 0 bridgehead atoms. The highest BCUT2D eigenvalue weighted by molar-refractivity contribution is 7.99. The Kier molecular flexibility index (Phi) is 5.42. The lowest BCUT2D eigenvalue weighted by Gasteiger charge is -2.26. The Balaban J connectivity index is 2.00. The number of hydrogen-bond acceptors (Lipinski definition) is 6. The van der Waals surface area contributed by atoms with E-state index in [9.17, 15) is 18.5 Å². The average Bonchev–Trinajstić information content (AvgIpc) is 2.61. The average molecular weight is 415 g/mol. The zero-order valence-corrected chi connectivity index (χ0v) is 16.0. The largest absolute Gasteiger partial charge is 0.495 e. The van der Waals surface area contributed by atoms with Crippen LogP contribution in [-0.4, -0.2) is 26.2 Å². The van der Waals surface area contributed by atoms with Gasteiger partial charge in [0, 0.05) is 28.1 Å². The van der Waals surface area contributed by atoms with Crippen LogP contribution in [0.25, 0.3) is 0 Å². The molecule has 0 saturated carbocycles. The van der Waals surface area contributed by atoms with Crippen molar-refractivity contribution in [2.75, 3.05) is 12.9 Å². The highest BCUT2D eigenvalue weighted by Crippen LogP contribution is 2.39. The molecule has 1 heterocycles. The minimum absolute atomic E-state index is 0.0413. The fourth-order valence-corrected chi connectivity index (χ4v) is 5.45. The first-order chi connectivity index (χ1) is 12.3. The van der Waals surface area contributed by atoms with E-state index in [-0.39, 0.29) is 16.3 Å². The number of methoxy groups -OCH3 is 1. The van der Waals surface area contributed by atoms with E-state index in [4.69, 9.17) is 16.3 Å². The van der Waals surface area contributed by atoms with Crippen molar-refractivity contribution < 1.29 is 18.1 Å². The molecule has 138 valence electrons. The van der Waals surface area contributed by atoms with Crippen LogP contribution in [0.3, 0.4) is 0 Å². The van der Waals surface area contributed by atoms with Crippen LogP contribution in [0.15, 0.2) is 46.2 Å². The molecule has 7 nitrogen and oxygen atoms in total. The van der Waals surface area contributed by atoms with Crippen LogP contribution >= 0.6 is 23.4 Å². The van der Waals surface area contributed by atoms with Crippen LogP contribution in [0, 0.1) is 10.1 Å². The van der Waals surface area contributed by atoms with Gasteiger partial charge >= 0.3 is 0 Å². The molecule has 2 aromatic rings. The Morgan fingerprint density at radius 2 is 2.08 bits per heavy atom. The molecule has 2 aromatic carbocycles. The number of thioether (sulfide) groups is 1. The molecule has 10 heteroatoms. The molecule has 0 amide bonds. The summed E-state index contributed by atoms with van der Waals surface area (Å²) in [5.74, 6) is 0.785. The van der Waals surface area contributed by atoms with Gasteiger partial charge in [-0.1, -0.05) is 11.6 Å². The van der Waals surface area contributed by atoms with Crippen molar-refractivity contribution in [3.8, 4) is 5.75 Å². The number of halogens is 1. The molecule has 26 heavy (non-hydrogen) atoms. The molecule has 1 atom stereocenters. The SMILES string of the molecule is COc1ccc([N+](=O)[O-])cc1S(=O)(=O)NC1CCSc2ccc(Cl)cc21. The lowest BCUT2D eigenvalue weighted by atomic mass is 10.1. The highest BCUT2D eigenvalue weighted by atomic mass is 35.5. The Morgan fingerprint density at radius 3 is 2.77 bits per heavy atom. The summed E-state index contributed by atoms with van der Waals surface area (Å²) in [6, 6.07) is 8.35. The van der Waals surface area contributed by atoms with Crippen molar-refractivity contribution in [1.29, 1.82) is 0 Å². The van der Waals surface area contributed by atoms with Gasteiger partial charge in [0.25, 0.3) is 5.69 Å². The molecule has 0 spiro atoms. The first-order valence-corrected chi connectivity index (χ1v) is 10.4. The molecule has 1 unspecified atom stereocenters. The van der Waals surface area contributed by atoms with Crippen LogP contribution in [0.4, 0.5) is 5.69 Å². The molecule has 1 aliphatic rings. The second kappa shape index (κ2) is 7.43. The summed E-state index contributed by atoms with van der Waals surface area (Å²) in [6.45, 7) is 0. The predicted octanol–water partition coefficient (Wildman–Crippen LogP) is 3.77. The number of nitro benzene ring substituents is 1. The Labute approximate surface area is 159 Å². The lowest BCUT2D eigenvalue weighted by molar-refractivity contribution is -0.385. The zero-order chi connectivity index (χ0) is 18.9. The molecule has 3 rings (SSSR count). The third-order valence-corrected chi connectivity index (χ3v) is 6.81. The van der Waals surface area contributed by atoms with Crippen LogP contribution < -0.4 is 9.46 Å². The van der Waals surface area contributed by atoms with Crippen molar-refractivity contribution in [1.82, 2.24) is 4.72 Å². The maximum atomic E-state index is 12.9. The number of rotatable bonds is 5. The third kappa shape index (κ3) is 3.80. The molecule has 1 N–H and O–H groups in total. The van der Waals surface area contributed by atoms with Crippen LogP contribution in [-0.2, 0) is 10.0 Å². The maximum absolute atomic E-state index is 12.9. The standard InChI is InChI=1S/C16H15ClN2O5S2/c1-24-14-4-3-11(19(20)21)9-16(14)26(22,23)18-13-6-7-25-15-5-2-10(17)8-12(13)15/h2-5,8-9,13,18H,6-7H2,1H3. The number of ether oxygens (including phenoxy) is 1. The van der Waals surface area contributed by atoms with Crippen LogP contribution in [0.1, 0.15) is 18.0 Å². The molecular formula is C16H15ClN2O5S2. The van der Waals surface area contributed by atoms with Gasteiger partial charge in [-0.3, -0.25) is 10.1 Å². The van der Waals surface area contributed by atoms with Crippen molar-refractivity contribution >= 4 is 39.1 Å². The molecule has 1 aliphatic heterocycles. The number of non-ortho nitro benzene ring substituents is 1. The third-order valence-electron chi connectivity index (χ3n) is 3.96. The van der Waals surface area contributed by atoms with Gasteiger partial charge in [0.15, 0.2) is 0 Å². The van der Waals surface area contributed by atoms with Gasteiger partial charge in [-0.25, -0.2) is 13.1 Å². The number of nitrogens with zero attached hydrogens (tertiary/aromatic N) is 1. The first-order valence-electron chi connectivity index (χ1n) is 7.59. The maximum Gasteiger partial charge on any atom is 0.271 e. The van der Waals surface area contributed by atoms with Gasteiger partial charge in [-0.2, -0.15) is 0 Å². The quantitative estimate of drug-likeness (QED) is 0.590. The van der Waals surface area contributed by atoms with E-state index in [1.165, 1.54) is 19.2 Å². The number of nitro groups is 1. The molecular weight excluding hydrogens is 400 g/mol. The number of nitrogens with one attached hydrogen (secondary N) is 1. The smallest absolute Gasteiger partial charge is 0.271 e. The Hall–Kier alpha value is -1.81. The van der Waals surface area contributed by atoms with Crippen LogP contribution in [0.5, 0.6) is 5.75 Å². The molecule has 0 fully saturated rings. The topological polar surface area (TPSA) is 98.5 Å². The number of benzene rings is 2. The van der Waals surface area contributed by atoms with Gasteiger partial charge in [-0.15, -0.1) is 11.8 Å². The van der Waals surface area contributed by atoms with E-state index in [0.29, 0.717) is 11.4 Å². The summed E-state index contributed by atoms with van der Waals surface area (Å²) in [6.07, 6.45) is 0.578. The predicted molar refractivity (Wildman–Crippen MR) is 99.5 cm³/mol. The van der Waals surface area contributed by atoms with Gasteiger partial charge in [-0.05, 0) is 42.0 Å². The van der Waals surface area contributed by atoms with Crippen molar-refractivity contribution in [2.45, 2.75) is 22.3 Å². The summed E-state index contributed by atoms with van der Waals surface area (Å²) in [5.41, 5.74) is 0.468. The fraction of sp³-hybridized carbons (Fsp3) is 0.250. The normalized spacial score (nSPS) is 16.8. The lowest BCUT2D eigenvalue weighted by Crippen LogP contribution is -2.31. The van der Waals surface area contributed by atoms with Crippen molar-refractivity contribution in [3.05, 3.63) is 57.1 Å². The number of hydrogen-bond donors (Lipinski definition) is 1. The summed E-state index contributed by atoms with van der Waals surface area (Å²) in [5, 5.41) is 11.5. The first kappa shape index (κ1) is 19.0. The molecule has 0 radical (unpaired) electrons. The van der Waals surface area contributed by atoms with E-state index in [1.807, 2.05) is 6.07 Å². The van der Waals surface area contributed by atoms with E-state index in [0.717, 1.165) is 22.3 Å². The molecule has 0 saturated heterocycles. The van der Waals surface area contributed by atoms with Crippen molar-refractivity contribution in [3.63, 3.8) is 0 Å². The summed E-state index contributed by atoms with van der Waals surface area (Å²) >= 11 is 7.68. The molecule has 0 aromatic heterocycles. The van der Waals surface area contributed by atoms with Crippen LogP contribution in [0.2, 0.25) is 5.02 Å². The summed E-state index contributed by atoms with van der Waals surface area (Å²) in [7, 11) is -2.73. The second-order valence-electron chi connectivity index (χ2n) is 5.59. The van der Waals surface area contributed by atoms with Gasteiger partial charge in [0.05, 0.1) is 12.0 Å². The van der Waals surface area contributed by atoms with E-state index in [1.54, 1.807) is 23.9 Å². The van der Waals surface area contributed by atoms with Gasteiger partial charge < -0.3 is 4.74 Å². The Morgan fingerprint density at radius 1 is 1.31 bits per heavy atom. The van der Waals surface area contributed by atoms with E-state index < -0.39 is 21.0 Å². The zero-order valence-electron chi connectivity index (χ0n) is 13.6. The number of fused-ring (bicyclic) bond motifs is 1. The van der Waals surface area contributed by atoms with Crippen molar-refractivity contribution in [2.24, 2.45) is 0 Å². The molecule has 0 aliphatic carbocycles. The summed E-state index contributed by atoms with van der Waals surface area (Å²) in [4.78, 5) is 11.0. The number of sulfonamides is 1. The highest BCUT2D eigenvalue weighted by Gasteiger charge is 2.29. The van der Waals surface area contributed by atoms with Gasteiger partial charge in [0.2, 0.25) is 10.0 Å². The summed E-state index contributed by atoms with van der Waals surface area (Å²) < 4.78 is 33.5. The van der Waals surface area contributed by atoms with E-state index >= 15 is 0 Å². The Bertz CT molecular complexity index is 965. The fourth-order valence-electron chi connectivity index (χ4n) is 2.73. The van der Waals surface area contributed by atoms with E-state index in [2.05, 4.69) is 4.72 Å².